The molecule has 0 bridgehead atoms. The van der Waals surface area contributed by atoms with E-state index in [1.54, 1.807) is 12.1 Å². The molecule has 1 atom stereocenters. The van der Waals surface area contributed by atoms with Crippen LogP contribution in [0.4, 0.5) is 0 Å². The van der Waals surface area contributed by atoms with Crippen molar-refractivity contribution in [1.82, 2.24) is 0 Å². The molecule has 0 saturated heterocycles. The third kappa shape index (κ3) is 3.70. The molecule has 0 saturated carbocycles. The predicted molar refractivity (Wildman–Crippen MR) is 122 cm³/mol. The third-order valence-electron chi connectivity index (χ3n) is 6.10. The molecule has 1 unspecified atom stereocenters. The lowest BCUT2D eigenvalue weighted by Crippen LogP contribution is -2.16. The number of allylic oxidation sites excluding steroid dienone is 1. The normalized spacial score (nSPS) is 17.3. The zero-order valence-electron chi connectivity index (χ0n) is 16.9. The van der Waals surface area contributed by atoms with Crippen LogP contribution in [-0.4, -0.2) is 14.7 Å². The van der Waals surface area contributed by atoms with Crippen molar-refractivity contribution >= 4 is 28.3 Å². The van der Waals surface area contributed by atoms with Gasteiger partial charge in [0.1, 0.15) is 28.5 Å². The number of aryl methyl sites for hydroxylation is 2. The van der Waals surface area contributed by atoms with Gasteiger partial charge in [-0.1, -0.05) is 60.7 Å². The number of hydrogen-bond donors (Lipinski definition) is 1. The molecule has 4 nitrogen and oxygen atoms in total. The van der Waals surface area contributed by atoms with Crippen LogP contribution in [0.5, 0.6) is 5.75 Å². The van der Waals surface area contributed by atoms with Gasteiger partial charge in [0.15, 0.2) is 0 Å². The van der Waals surface area contributed by atoms with Crippen LogP contribution in [0, 0.1) is 0 Å². The molecule has 0 aromatic heterocycles. The number of fused-ring (bicyclic) bond motifs is 2. The van der Waals surface area contributed by atoms with Gasteiger partial charge in [-0.2, -0.15) is 0 Å². The van der Waals surface area contributed by atoms with Crippen molar-refractivity contribution in [2.24, 2.45) is 0 Å². The number of carbonyl (C=O) groups excluding carboxylic acids is 1. The van der Waals surface area contributed by atoms with E-state index in [0.29, 0.717) is 11.5 Å². The molecule has 0 amide bonds. The van der Waals surface area contributed by atoms with Crippen molar-refractivity contribution < 1.29 is 17.9 Å². The fourth-order valence-corrected chi connectivity index (χ4v) is 5.12. The molecule has 0 fully saturated rings. The van der Waals surface area contributed by atoms with E-state index in [1.807, 2.05) is 36.4 Å². The maximum Gasteiger partial charge on any atom is 0.144 e. The summed E-state index contributed by atoms with van der Waals surface area (Å²) < 4.78 is 28.5. The summed E-state index contributed by atoms with van der Waals surface area (Å²) in [5.41, 5.74) is 6.96. The second kappa shape index (κ2) is 8.16. The van der Waals surface area contributed by atoms with E-state index in [-0.39, 0.29) is 5.75 Å². The summed E-state index contributed by atoms with van der Waals surface area (Å²) in [6, 6.07) is 21.4. The van der Waals surface area contributed by atoms with E-state index in [0.717, 1.165) is 53.4 Å². The van der Waals surface area contributed by atoms with E-state index in [2.05, 4.69) is 18.2 Å². The van der Waals surface area contributed by atoms with Gasteiger partial charge in [-0.15, -0.1) is 0 Å². The Bertz CT molecular complexity index is 1260. The largest absolute Gasteiger partial charge is 0.456 e. The van der Waals surface area contributed by atoms with E-state index in [1.165, 1.54) is 11.1 Å². The molecule has 1 aliphatic heterocycles. The van der Waals surface area contributed by atoms with Crippen molar-refractivity contribution in [3.05, 3.63) is 100 Å². The maximum absolute atomic E-state index is 12.3. The van der Waals surface area contributed by atoms with Gasteiger partial charge in [0.2, 0.25) is 0 Å². The topological polar surface area (TPSA) is 60.4 Å². The zero-order valence-corrected chi connectivity index (χ0v) is 17.8. The average molecular weight is 431 g/mol. The first kappa shape index (κ1) is 19.8. The Balaban J connectivity index is 1.69. The Hall–Kier alpha value is -3.18. The molecule has 5 heteroatoms. The molecule has 31 heavy (non-hydrogen) atoms. The summed E-state index contributed by atoms with van der Waals surface area (Å²) in [5.74, 6) is 0.890. The van der Waals surface area contributed by atoms with Crippen LogP contribution < -0.4 is 4.74 Å². The summed E-state index contributed by atoms with van der Waals surface area (Å²) >= 11 is 0. The minimum absolute atomic E-state index is 0.00694. The Morgan fingerprint density at radius 3 is 2.42 bits per heavy atom. The van der Waals surface area contributed by atoms with Crippen LogP contribution in [0.3, 0.4) is 0 Å². The van der Waals surface area contributed by atoms with Gasteiger partial charge in [-0.05, 0) is 47.6 Å². The first-order valence-electron chi connectivity index (χ1n) is 10.4. The van der Waals surface area contributed by atoms with Gasteiger partial charge in [-0.25, -0.2) is 8.42 Å². The maximum atomic E-state index is 12.3. The van der Waals surface area contributed by atoms with Crippen LogP contribution in [0.2, 0.25) is 0 Å². The van der Waals surface area contributed by atoms with Crippen molar-refractivity contribution in [1.29, 1.82) is 0 Å². The van der Waals surface area contributed by atoms with Crippen molar-refractivity contribution in [2.45, 2.75) is 30.9 Å². The highest BCUT2D eigenvalue weighted by Gasteiger charge is 2.31. The molecule has 5 rings (SSSR count). The summed E-state index contributed by atoms with van der Waals surface area (Å²) in [7, 11) is -2.48. The number of thiol groups is 1. The monoisotopic (exact) mass is 430 g/mol. The van der Waals surface area contributed by atoms with E-state index in [9.17, 15) is 13.2 Å². The highest BCUT2D eigenvalue weighted by Crippen LogP contribution is 2.46. The molecule has 0 spiro atoms. The Labute approximate surface area is 183 Å². The molecular formula is C26H22O4S. The van der Waals surface area contributed by atoms with E-state index >= 15 is 0 Å². The zero-order chi connectivity index (χ0) is 21.4. The molecule has 3 aromatic rings. The van der Waals surface area contributed by atoms with Gasteiger partial charge in [0.25, 0.3) is 0 Å². The molecule has 1 aliphatic carbocycles. The summed E-state index contributed by atoms with van der Waals surface area (Å²) in [6.07, 6.45) is 4.30. The van der Waals surface area contributed by atoms with Gasteiger partial charge < -0.3 is 9.53 Å². The standard InChI is InChI=1S/C26H22O4S/c27-15-23-22-6-1-2-7-24(22)30-26(19-10-8-17(9-11-19)16-31(28)29)25(23)21-13-12-18-4-3-5-20(18)14-21/h1-2,6-15,23,31H,3-5,16H2. The smallest absolute Gasteiger partial charge is 0.144 e. The predicted octanol–water partition coefficient (Wildman–Crippen LogP) is 4.53. The first-order valence-corrected chi connectivity index (χ1v) is 11.8. The highest BCUT2D eigenvalue weighted by atomic mass is 32.2. The quantitative estimate of drug-likeness (QED) is 0.477. The lowest BCUT2D eigenvalue weighted by Gasteiger charge is -2.28. The molecule has 0 radical (unpaired) electrons. The second-order valence-corrected chi connectivity index (χ2v) is 9.00. The van der Waals surface area contributed by atoms with Crippen LogP contribution in [0.15, 0.2) is 66.7 Å². The summed E-state index contributed by atoms with van der Waals surface area (Å²) in [4.78, 5) is 12.3. The van der Waals surface area contributed by atoms with Crippen LogP contribution in [-0.2, 0) is 34.1 Å². The average Bonchev–Trinajstić information content (AvgIpc) is 3.26. The summed E-state index contributed by atoms with van der Waals surface area (Å²) in [6.45, 7) is 0. The van der Waals surface area contributed by atoms with Gasteiger partial charge in [0.05, 0.1) is 11.7 Å². The van der Waals surface area contributed by atoms with Gasteiger partial charge in [-0.3, -0.25) is 0 Å². The number of carbonyl (C=O) groups is 1. The van der Waals surface area contributed by atoms with E-state index in [4.69, 9.17) is 4.74 Å². The molecular weight excluding hydrogens is 408 g/mol. The van der Waals surface area contributed by atoms with Crippen LogP contribution in [0.25, 0.3) is 11.3 Å². The SMILES string of the molecule is O=CC1C(c2ccc3c(c2)CCC3)=C(c2ccc(C[SH](=O)=O)cc2)Oc2ccccc21. The number of para-hydroxylation sites is 1. The lowest BCUT2D eigenvalue weighted by molar-refractivity contribution is -0.108. The number of ether oxygens (including phenoxy) is 1. The molecule has 156 valence electrons. The fourth-order valence-electron chi connectivity index (χ4n) is 4.61. The van der Waals surface area contributed by atoms with Crippen molar-refractivity contribution in [3.8, 4) is 5.75 Å². The third-order valence-corrected chi connectivity index (χ3v) is 6.72. The van der Waals surface area contributed by atoms with Crippen LogP contribution >= 0.6 is 0 Å². The number of hydrogen-bond acceptors (Lipinski definition) is 4. The minimum Gasteiger partial charge on any atom is -0.456 e. The van der Waals surface area contributed by atoms with Crippen molar-refractivity contribution in [2.75, 3.05) is 0 Å². The van der Waals surface area contributed by atoms with Gasteiger partial charge in [0, 0.05) is 16.7 Å². The summed E-state index contributed by atoms with van der Waals surface area (Å²) in [5, 5.41) is 0. The van der Waals surface area contributed by atoms with Crippen molar-refractivity contribution in [3.63, 3.8) is 0 Å². The minimum atomic E-state index is -2.48. The molecule has 2 aliphatic rings. The highest BCUT2D eigenvalue weighted by molar-refractivity contribution is 7.71. The fraction of sp³-hybridized carbons (Fsp3) is 0.192. The van der Waals surface area contributed by atoms with Crippen LogP contribution in [0.1, 0.15) is 45.7 Å². The number of aldehydes is 1. The van der Waals surface area contributed by atoms with Gasteiger partial charge >= 0.3 is 0 Å². The molecule has 3 aromatic carbocycles. The first-order chi connectivity index (χ1) is 15.1. The number of benzene rings is 3. The lowest BCUT2D eigenvalue weighted by atomic mass is 9.82. The van der Waals surface area contributed by atoms with E-state index < -0.39 is 16.6 Å². The molecule has 1 heterocycles. The second-order valence-electron chi connectivity index (χ2n) is 8.02. The number of rotatable bonds is 5. The Kier molecular flexibility index (Phi) is 5.20. The Morgan fingerprint density at radius 1 is 0.903 bits per heavy atom. The molecule has 0 N–H and O–H groups in total. The Morgan fingerprint density at radius 2 is 1.65 bits per heavy atom.